The Morgan fingerprint density at radius 1 is 0.410 bits per heavy atom. The molecule has 78 heavy (non-hydrogen) atoms. The molecule has 414 valence electrons. The molecule has 13 heteroatoms. The minimum absolute atomic E-state index is 0.0315. The van der Waals surface area contributed by atoms with Gasteiger partial charge in [-0.2, -0.15) is 0 Å². The maximum atomic E-state index is 14.3. The van der Waals surface area contributed by atoms with Gasteiger partial charge in [0.1, 0.15) is 17.1 Å². The van der Waals surface area contributed by atoms with Crippen molar-refractivity contribution < 1.29 is 37.6 Å². The van der Waals surface area contributed by atoms with E-state index in [9.17, 15) is 28.1 Å². The van der Waals surface area contributed by atoms with Gasteiger partial charge in [-0.1, -0.05) is 202 Å². The van der Waals surface area contributed by atoms with Crippen LogP contribution in [0.15, 0.2) is 140 Å². The van der Waals surface area contributed by atoms with Crippen LogP contribution in [0.2, 0.25) is 10.0 Å². The molecule has 3 fully saturated rings. The fraction of sp³-hybridized carbons (Fsp3) is 0.400. The molecule has 3 saturated carbocycles. The zero-order valence-corrected chi connectivity index (χ0v) is 50.3. The van der Waals surface area contributed by atoms with E-state index in [2.05, 4.69) is 0 Å². The van der Waals surface area contributed by atoms with Crippen LogP contribution in [-0.2, 0) is 32.2 Å². The van der Waals surface area contributed by atoms with Crippen LogP contribution in [0, 0.1) is 20.8 Å². The Labute approximate surface area is 473 Å². The Morgan fingerprint density at radius 3 is 1.03 bits per heavy atom. The number of hydrogen-bond donors (Lipinski definition) is 0. The highest BCUT2D eigenvalue weighted by Gasteiger charge is 2.45. The first kappa shape index (κ1) is 60.8. The van der Waals surface area contributed by atoms with Gasteiger partial charge < -0.3 is 23.2 Å². The molecule has 0 radical (unpaired) electrons. The van der Waals surface area contributed by atoms with Gasteiger partial charge in [-0.25, -0.2) is 0 Å². The van der Waals surface area contributed by atoms with Crippen molar-refractivity contribution in [2.24, 2.45) is 0 Å². The summed E-state index contributed by atoms with van der Waals surface area (Å²) in [5.41, 5.74) is 6.26. The molecule has 3 aliphatic rings. The molecule has 3 unspecified atom stereocenters. The molecule has 0 saturated heterocycles. The molecule has 3 atom stereocenters. The Hall–Kier alpha value is -4.80. The van der Waals surface area contributed by atoms with Gasteiger partial charge in [0, 0.05) is 41.0 Å². The first-order chi connectivity index (χ1) is 37.5. The van der Waals surface area contributed by atoms with Crippen LogP contribution in [-0.4, -0.2) is 47.8 Å². The van der Waals surface area contributed by atoms with Crippen LogP contribution in [0.3, 0.4) is 0 Å². The van der Waals surface area contributed by atoms with E-state index in [0.29, 0.717) is 34.9 Å². The monoisotopic (exact) mass is 1150 g/mol. The number of ether oxygens (including phenoxy) is 2. The zero-order valence-electron chi connectivity index (χ0n) is 46.1. The predicted molar refractivity (Wildman–Crippen MR) is 324 cm³/mol. The highest BCUT2D eigenvalue weighted by Crippen LogP contribution is 2.64. The van der Waals surface area contributed by atoms with Crippen molar-refractivity contribution in [3.63, 3.8) is 0 Å². The largest absolute Gasteiger partial charge is 0.496 e. The van der Waals surface area contributed by atoms with Crippen molar-refractivity contribution in [1.82, 2.24) is 0 Å². The SMILES string of the molecule is COc1cccc(OC)c1C(=O)P(=O)(Cc1ccccc1)C1CCCCC1.Cc1cc(C)c(C(=O)P(=O)(Cc2ccccc2)C2CCCCC2)c(C)c1.O=C(c1c(Cl)cccc1Cl)P(=O)(Cc1ccccc1)C1CCCCC1. The summed E-state index contributed by atoms with van der Waals surface area (Å²) in [6.07, 6.45) is 15.9. The molecule has 0 aliphatic heterocycles. The molecule has 0 spiro atoms. The van der Waals surface area contributed by atoms with Crippen LogP contribution in [0.5, 0.6) is 11.5 Å². The van der Waals surface area contributed by atoms with Gasteiger partial charge in [0.05, 0.1) is 29.8 Å². The minimum atomic E-state index is -3.21. The number of carbonyl (C=O) groups is 3. The lowest BCUT2D eigenvalue weighted by Gasteiger charge is -2.30. The van der Waals surface area contributed by atoms with Crippen LogP contribution < -0.4 is 9.47 Å². The summed E-state index contributed by atoms with van der Waals surface area (Å²) in [7, 11) is -6.39. The van der Waals surface area contributed by atoms with Gasteiger partial charge >= 0.3 is 0 Å². The van der Waals surface area contributed by atoms with Crippen molar-refractivity contribution >= 4 is 61.2 Å². The third-order valence-corrected chi connectivity index (χ3v) is 27.0. The molecule has 9 rings (SSSR count). The third kappa shape index (κ3) is 14.8. The molecule has 0 amide bonds. The molecule has 0 heterocycles. The molecule has 0 N–H and O–H groups in total. The highest BCUT2D eigenvalue weighted by atomic mass is 35.5. The summed E-state index contributed by atoms with van der Waals surface area (Å²) in [5.74, 6) is 0.840. The van der Waals surface area contributed by atoms with Crippen molar-refractivity contribution in [1.29, 1.82) is 0 Å². The number of methoxy groups -OCH3 is 2. The maximum absolute atomic E-state index is 14.3. The summed E-state index contributed by atoms with van der Waals surface area (Å²) >= 11 is 12.5. The van der Waals surface area contributed by atoms with Crippen LogP contribution in [0.25, 0.3) is 0 Å². The molecule has 0 aromatic heterocycles. The maximum Gasteiger partial charge on any atom is 0.229 e. The lowest BCUT2D eigenvalue weighted by atomic mass is 10.0. The van der Waals surface area contributed by atoms with E-state index in [1.54, 1.807) is 36.4 Å². The average Bonchev–Trinajstić information content (AvgIpc) is 3.50. The number of rotatable bonds is 17. The van der Waals surface area contributed by atoms with Gasteiger partial charge in [0.25, 0.3) is 0 Å². The van der Waals surface area contributed by atoms with E-state index in [0.717, 1.165) is 123 Å². The lowest BCUT2D eigenvalue weighted by Crippen LogP contribution is -2.21. The zero-order chi connectivity index (χ0) is 55.9. The quantitative estimate of drug-likeness (QED) is 0.0828. The van der Waals surface area contributed by atoms with Crippen LogP contribution in [0.1, 0.15) is 161 Å². The number of aryl methyl sites for hydroxylation is 3. The average molecular weight is 1150 g/mol. The van der Waals surface area contributed by atoms with E-state index in [4.69, 9.17) is 32.7 Å². The summed E-state index contributed by atoms with van der Waals surface area (Å²) in [6.45, 7) is 5.99. The second kappa shape index (κ2) is 28.6. The standard InChI is InChI=1S/C23H29O2P.C22H27O4P.C20H21Cl2O2P/c1-17-14-18(2)22(19(3)15-17)23(24)26(25,21-12-8-5-9-13-21)16-20-10-6-4-7-11-20;1-25-19-14-9-15-20(26-2)21(19)22(23)27(24,18-12-7-4-8-13-18)16-17-10-5-3-6-11-17;21-17-12-7-13-18(22)19(17)20(23)25(24,16-10-5-2-6-11-16)14-15-8-3-1-4-9-15/h4,6-7,10-11,14-15,21H,5,8-9,12-13,16H2,1-3H3;3,5-6,9-11,14-15,18H,4,7-8,12-13,16H2,1-2H3;1,3-4,7-9,12-13,16H,2,5-6,10-11,14H2. The normalized spacial score (nSPS) is 17.5. The third-order valence-electron chi connectivity index (χ3n) is 16.0. The summed E-state index contributed by atoms with van der Waals surface area (Å²) < 4.78 is 53.5. The Balaban J connectivity index is 0.000000170. The molecule has 6 aromatic rings. The van der Waals surface area contributed by atoms with Gasteiger partial charge in [0.2, 0.25) is 16.6 Å². The van der Waals surface area contributed by atoms with E-state index in [-0.39, 0.29) is 55.3 Å². The first-order valence-electron chi connectivity index (χ1n) is 27.8. The second-order valence-electron chi connectivity index (χ2n) is 21.5. The van der Waals surface area contributed by atoms with Crippen molar-refractivity contribution in [3.05, 3.63) is 200 Å². The predicted octanol–water partition coefficient (Wildman–Crippen LogP) is 19.4. The van der Waals surface area contributed by atoms with Crippen molar-refractivity contribution in [2.45, 2.75) is 153 Å². The molecule has 8 nitrogen and oxygen atoms in total. The minimum Gasteiger partial charge on any atom is -0.496 e. The number of hydrogen-bond acceptors (Lipinski definition) is 8. The van der Waals surface area contributed by atoms with Crippen molar-refractivity contribution in [3.8, 4) is 11.5 Å². The number of benzene rings is 6. The fourth-order valence-electron chi connectivity index (χ4n) is 12.0. The second-order valence-corrected chi connectivity index (χ2v) is 31.5. The van der Waals surface area contributed by atoms with Gasteiger partial charge in [-0.3, -0.25) is 14.4 Å². The highest BCUT2D eigenvalue weighted by molar-refractivity contribution is 7.81. The molecule has 6 aromatic carbocycles. The van der Waals surface area contributed by atoms with Crippen LogP contribution >= 0.6 is 44.6 Å². The molecular formula is C65H77Cl2O8P3. The summed E-state index contributed by atoms with van der Waals surface area (Å²) in [4.78, 5) is 40.7. The Kier molecular flexibility index (Phi) is 22.3. The Bertz CT molecular complexity index is 3060. The number of halogens is 2. The van der Waals surface area contributed by atoms with Gasteiger partial charge in [-0.15, -0.1) is 0 Å². The van der Waals surface area contributed by atoms with Crippen molar-refractivity contribution in [2.75, 3.05) is 14.2 Å². The molecule has 0 bridgehead atoms. The van der Waals surface area contributed by atoms with Gasteiger partial charge in [0.15, 0.2) is 21.4 Å². The fourth-order valence-corrected chi connectivity index (χ4v) is 22.7. The van der Waals surface area contributed by atoms with E-state index >= 15 is 0 Å². The first-order valence-corrected chi connectivity index (χ1v) is 34.4. The summed E-state index contributed by atoms with van der Waals surface area (Å²) in [6, 6.07) is 43.4. The molecule has 3 aliphatic carbocycles. The van der Waals surface area contributed by atoms with E-state index in [1.807, 2.05) is 124 Å². The molecular weight excluding hydrogens is 1070 g/mol. The summed E-state index contributed by atoms with van der Waals surface area (Å²) in [5, 5.41) is 0.559. The smallest absolute Gasteiger partial charge is 0.229 e. The topological polar surface area (TPSA) is 121 Å². The van der Waals surface area contributed by atoms with Crippen LogP contribution in [0.4, 0.5) is 0 Å². The number of carbonyl (C=O) groups excluding carboxylic acids is 3. The van der Waals surface area contributed by atoms with E-state index in [1.165, 1.54) is 20.6 Å². The Morgan fingerprint density at radius 2 is 0.705 bits per heavy atom. The van der Waals surface area contributed by atoms with Gasteiger partial charge in [-0.05, 0) is 111 Å². The van der Waals surface area contributed by atoms with E-state index < -0.39 is 21.4 Å². The lowest BCUT2D eigenvalue weighted by molar-refractivity contribution is 0.106.